The first-order valence-electron chi connectivity index (χ1n) is 8.85. The van der Waals surface area contributed by atoms with Gasteiger partial charge in [0.1, 0.15) is 5.71 Å². The Morgan fingerprint density at radius 1 is 1.00 bits per heavy atom. The number of aromatic amines is 1. The van der Waals surface area contributed by atoms with Gasteiger partial charge in [-0.2, -0.15) is 5.10 Å². The van der Waals surface area contributed by atoms with Gasteiger partial charge in [0, 0.05) is 41.1 Å². The minimum atomic E-state index is -1.12. The zero-order valence-electron chi connectivity index (χ0n) is 14.8. The Labute approximate surface area is 160 Å². The number of ketones is 1. The van der Waals surface area contributed by atoms with Crippen LogP contribution in [0, 0.1) is 0 Å². The monoisotopic (exact) mass is 375 g/mol. The highest BCUT2D eigenvalue weighted by Crippen LogP contribution is 2.27. The summed E-state index contributed by atoms with van der Waals surface area (Å²) in [6, 6.07) is 16.3. The summed E-state index contributed by atoms with van der Waals surface area (Å²) in [6.45, 7) is 0. The number of fused-ring (bicyclic) bond motifs is 1. The Bertz CT molecular complexity index is 1090. The fraction of sp³-hybridized carbons (Fsp3) is 0.143. The molecule has 1 atom stereocenters. The number of rotatable bonds is 5. The number of aromatic nitrogens is 1. The smallest absolute Gasteiger partial charge is 0.355 e. The first-order chi connectivity index (χ1) is 13.6. The lowest BCUT2D eigenvalue weighted by molar-refractivity contribution is -0.139. The molecular formula is C21H17N3O4. The third kappa shape index (κ3) is 3.42. The first-order valence-corrected chi connectivity index (χ1v) is 8.85. The van der Waals surface area contributed by atoms with Crippen molar-refractivity contribution in [2.45, 2.75) is 18.9 Å². The minimum absolute atomic E-state index is 0.0901. The van der Waals surface area contributed by atoms with Gasteiger partial charge < -0.3 is 9.72 Å². The van der Waals surface area contributed by atoms with E-state index in [1.54, 1.807) is 30.5 Å². The number of hydrogen-bond acceptors (Lipinski definition) is 5. The average Bonchev–Trinajstić information content (AvgIpc) is 3.17. The summed E-state index contributed by atoms with van der Waals surface area (Å²) in [7, 11) is 0. The summed E-state index contributed by atoms with van der Waals surface area (Å²) in [5.74, 6) is -1.31. The van der Waals surface area contributed by atoms with E-state index in [-0.39, 0.29) is 30.2 Å². The quantitative estimate of drug-likeness (QED) is 0.529. The fourth-order valence-electron chi connectivity index (χ4n) is 3.11. The standard InChI is InChI=1S/C21H17N3O4/c25-18-11-10-17(23-24-18)21(27)28-20(13-6-2-1-3-7-13)19(26)15-12-22-16-9-5-4-8-14(15)16/h1-9,12,20,22H,10-11H2,(H,24,25)/t20-/m0/s1. The number of nitrogens with zero attached hydrogens (tertiary/aromatic N) is 1. The zero-order valence-corrected chi connectivity index (χ0v) is 14.8. The maximum Gasteiger partial charge on any atom is 0.355 e. The van der Waals surface area contributed by atoms with Crippen molar-refractivity contribution in [3.63, 3.8) is 0 Å². The Morgan fingerprint density at radius 3 is 2.50 bits per heavy atom. The van der Waals surface area contributed by atoms with E-state index in [4.69, 9.17) is 4.74 Å². The molecule has 0 radical (unpaired) electrons. The van der Waals surface area contributed by atoms with Gasteiger partial charge in [0.25, 0.3) is 0 Å². The molecule has 2 aromatic carbocycles. The molecule has 7 heteroatoms. The van der Waals surface area contributed by atoms with Crippen molar-refractivity contribution in [2.24, 2.45) is 5.10 Å². The van der Waals surface area contributed by atoms with Gasteiger partial charge in [-0.05, 0) is 6.07 Å². The van der Waals surface area contributed by atoms with Crippen LogP contribution in [0.25, 0.3) is 10.9 Å². The highest BCUT2D eigenvalue weighted by molar-refractivity contribution is 6.37. The number of ether oxygens (including phenoxy) is 1. The second-order valence-electron chi connectivity index (χ2n) is 6.40. The molecule has 7 nitrogen and oxygen atoms in total. The minimum Gasteiger partial charge on any atom is -0.444 e. The number of carbonyl (C=O) groups excluding carboxylic acids is 3. The molecular weight excluding hydrogens is 358 g/mol. The molecule has 1 aliphatic heterocycles. The lowest BCUT2D eigenvalue weighted by Crippen LogP contribution is -2.32. The van der Waals surface area contributed by atoms with E-state index < -0.39 is 12.1 Å². The van der Waals surface area contributed by atoms with Crippen molar-refractivity contribution >= 4 is 34.3 Å². The van der Waals surface area contributed by atoms with Gasteiger partial charge in [-0.15, -0.1) is 0 Å². The molecule has 1 amide bonds. The molecule has 3 aromatic rings. The van der Waals surface area contributed by atoms with E-state index >= 15 is 0 Å². The Morgan fingerprint density at radius 2 is 1.75 bits per heavy atom. The maximum atomic E-state index is 13.3. The number of benzene rings is 2. The van der Waals surface area contributed by atoms with Crippen molar-refractivity contribution in [3.8, 4) is 0 Å². The van der Waals surface area contributed by atoms with Gasteiger partial charge in [0.15, 0.2) is 6.10 Å². The van der Waals surface area contributed by atoms with E-state index in [9.17, 15) is 14.4 Å². The lowest BCUT2D eigenvalue weighted by Gasteiger charge is -2.18. The van der Waals surface area contributed by atoms with Gasteiger partial charge in [-0.25, -0.2) is 10.2 Å². The molecule has 0 unspecified atom stereocenters. The SMILES string of the molecule is O=C1CCC(C(=O)O[C@H](C(=O)c2c[nH]c3ccccc23)c2ccccc2)=NN1. The normalized spacial score (nSPS) is 14.9. The second kappa shape index (κ2) is 7.48. The summed E-state index contributed by atoms with van der Waals surface area (Å²) in [5.41, 5.74) is 4.18. The molecule has 0 fully saturated rings. The topological polar surface area (TPSA) is 101 Å². The maximum absolute atomic E-state index is 13.3. The molecule has 0 saturated heterocycles. The van der Waals surface area contributed by atoms with Crippen LogP contribution in [0.3, 0.4) is 0 Å². The van der Waals surface area contributed by atoms with Crippen molar-refractivity contribution in [2.75, 3.05) is 0 Å². The van der Waals surface area contributed by atoms with E-state index in [1.807, 2.05) is 30.3 Å². The Hall–Kier alpha value is -3.74. The summed E-state index contributed by atoms with van der Waals surface area (Å²) in [6.07, 6.45) is 0.830. The largest absolute Gasteiger partial charge is 0.444 e. The number of hydrogen-bond donors (Lipinski definition) is 2. The highest BCUT2D eigenvalue weighted by atomic mass is 16.5. The number of hydrazone groups is 1. The van der Waals surface area contributed by atoms with Crippen LogP contribution in [-0.2, 0) is 14.3 Å². The van der Waals surface area contributed by atoms with Gasteiger partial charge in [0.05, 0.1) is 0 Å². The van der Waals surface area contributed by atoms with Crippen LogP contribution in [0.1, 0.15) is 34.9 Å². The molecule has 2 N–H and O–H groups in total. The second-order valence-corrected chi connectivity index (χ2v) is 6.40. The van der Waals surface area contributed by atoms with Crippen LogP contribution in [0.5, 0.6) is 0 Å². The number of H-pyrrole nitrogens is 1. The van der Waals surface area contributed by atoms with Crippen LogP contribution in [-0.4, -0.2) is 28.4 Å². The Balaban J connectivity index is 1.67. The van der Waals surface area contributed by atoms with E-state index in [2.05, 4.69) is 15.5 Å². The van der Waals surface area contributed by atoms with Gasteiger partial charge in [-0.3, -0.25) is 9.59 Å². The third-order valence-corrected chi connectivity index (χ3v) is 4.56. The molecule has 28 heavy (non-hydrogen) atoms. The van der Waals surface area contributed by atoms with E-state index in [0.29, 0.717) is 11.1 Å². The van der Waals surface area contributed by atoms with Gasteiger partial charge >= 0.3 is 5.97 Å². The predicted molar refractivity (Wildman–Crippen MR) is 103 cm³/mol. The predicted octanol–water partition coefficient (Wildman–Crippen LogP) is 2.90. The summed E-state index contributed by atoms with van der Waals surface area (Å²) < 4.78 is 5.56. The van der Waals surface area contributed by atoms with Gasteiger partial charge in [-0.1, -0.05) is 48.5 Å². The molecule has 4 rings (SSSR count). The number of carbonyl (C=O) groups is 3. The first kappa shape index (κ1) is 17.7. The molecule has 1 aromatic heterocycles. The van der Waals surface area contributed by atoms with Gasteiger partial charge in [0.2, 0.25) is 11.7 Å². The molecule has 0 bridgehead atoms. The molecule has 0 spiro atoms. The summed E-state index contributed by atoms with van der Waals surface area (Å²) >= 11 is 0. The van der Waals surface area contributed by atoms with Crippen molar-refractivity contribution in [1.29, 1.82) is 0 Å². The number of Topliss-reactive ketones (excluding diaryl/α,β-unsaturated/α-hetero) is 1. The van der Waals surface area contributed by atoms with E-state index in [0.717, 1.165) is 10.9 Å². The number of esters is 1. The Kier molecular flexibility index (Phi) is 4.72. The highest BCUT2D eigenvalue weighted by Gasteiger charge is 2.30. The third-order valence-electron chi connectivity index (χ3n) is 4.56. The molecule has 2 heterocycles. The number of para-hydroxylation sites is 1. The van der Waals surface area contributed by atoms with Crippen molar-refractivity contribution in [3.05, 3.63) is 71.9 Å². The van der Waals surface area contributed by atoms with Crippen molar-refractivity contribution < 1.29 is 19.1 Å². The fourth-order valence-corrected chi connectivity index (χ4v) is 3.11. The zero-order chi connectivity index (χ0) is 19.5. The average molecular weight is 375 g/mol. The van der Waals surface area contributed by atoms with Crippen molar-refractivity contribution in [1.82, 2.24) is 10.4 Å². The number of amides is 1. The van der Waals surface area contributed by atoms with Crippen LogP contribution >= 0.6 is 0 Å². The van der Waals surface area contributed by atoms with Crippen LogP contribution in [0.2, 0.25) is 0 Å². The molecule has 0 saturated carbocycles. The van der Waals surface area contributed by atoms with E-state index in [1.165, 1.54) is 0 Å². The molecule has 1 aliphatic rings. The molecule has 140 valence electrons. The van der Waals surface area contributed by atoms with Crippen LogP contribution in [0.4, 0.5) is 0 Å². The van der Waals surface area contributed by atoms with Crippen LogP contribution in [0.15, 0.2) is 65.9 Å². The van der Waals surface area contributed by atoms with Crippen LogP contribution < -0.4 is 5.43 Å². The summed E-state index contributed by atoms with van der Waals surface area (Å²) in [4.78, 5) is 40.1. The summed E-state index contributed by atoms with van der Waals surface area (Å²) in [5, 5.41) is 4.51. The lowest BCUT2D eigenvalue weighted by atomic mass is 9.99. The molecule has 0 aliphatic carbocycles. The number of nitrogens with one attached hydrogen (secondary N) is 2.